The van der Waals surface area contributed by atoms with E-state index >= 15 is 0 Å². The van der Waals surface area contributed by atoms with Gasteiger partial charge in [0.05, 0.1) is 10.8 Å². The zero-order valence-electron chi connectivity index (χ0n) is 9.88. The van der Waals surface area contributed by atoms with Gasteiger partial charge in [-0.25, -0.2) is 0 Å². The third-order valence-electron chi connectivity index (χ3n) is 2.39. The van der Waals surface area contributed by atoms with Gasteiger partial charge < -0.3 is 4.74 Å². The van der Waals surface area contributed by atoms with Crippen molar-refractivity contribution < 1.29 is 14.5 Å². The molecule has 0 saturated carbocycles. The van der Waals surface area contributed by atoms with Gasteiger partial charge in [-0.05, 0) is 18.6 Å². The van der Waals surface area contributed by atoms with Crippen molar-refractivity contribution in [2.75, 3.05) is 0 Å². The zero-order chi connectivity index (χ0) is 12.8. The second-order valence-electron chi connectivity index (χ2n) is 3.86. The number of carbonyl (C=O) groups excluding carboxylic acids is 1. The molecule has 0 aliphatic carbocycles. The van der Waals surface area contributed by atoms with Gasteiger partial charge in [0.2, 0.25) is 0 Å². The molecule has 5 heteroatoms. The van der Waals surface area contributed by atoms with Crippen LogP contribution in [0.3, 0.4) is 0 Å². The van der Waals surface area contributed by atoms with Gasteiger partial charge in [0.15, 0.2) is 0 Å². The molecule has 0 aromatic heterocycles. The van der Waals surface area contributed by atoms with Crippen LogP contribution in [0, 0.1) is 16.0 Å². The number of nitrogens with zero attached hydrogens (tertiary/aromatic N) is 1. The van der Waals surface area contributed by atoms with E-state index in [2.05, 4.69) is 0 Å². The quantitative estimate of drug-likeness (QED) is 0.341. The van der Waals surface area contributed by atoms with Crippen molar-refractivity contribution in [3.63, 3.8) is 0 Å². The molecule has 0 saturated heterocycles. The molecule has 0 bridgehead atoms. The summed E-state index contributed by atoms with van der Waals surface area (Å²) in [4.78, 5) is 21.5. The van der Waals surface area contributed by atoms with Crippen molar-refractivity contribution in [2.45, 2.75) is 26.7 Å². The highest BCUT2D eigenvalue weighted by Crippen LogP contribution is 2.19. The molecular weight excluding hydrogens is 222 g/mol. The van der Waals surface area contributed by atoms with E-state index in [1.807, 2.05) is 6.92 Å². The van der Waals surface area contributed by atoms with Crippen LogP contribution < -0.4 is 4.74 Å². The summed E-state index contributed by atoms with van der Waals surface area (Å²) >= 11 is 0. The number of ether oxygens (including phenoxy) is 1. The molecule has 1 aromatic carbocycles. The standard InChI is InChI=1S/C12H15NO4/c1-3-4-9(2)12(14)17-11-7-5-10(6-8-11)13(15)16/h5-9H,3-4H2,1-2H3/t9-/m0/s1. The van der Waals surface area contributed by atoms with E-state index < -0.39 is 4.92 Å². The van der Waals surface area contributed by atoms with Crippen molar-refractivity contribution in [3.05, 3.63) is 34.4 Å². The molecule has 17 heavy (non-hydrogen) atoms. The normalized spacial score (nSPS) is 11.9. The van der Waals surface area contributed by atoms with Crippen LogP contribution >= 0.6 is 0 Å². The Morgan fingerprint density at radius 1 is 1.41 bits per heavy atom. The summed E-state index contributed by atoms with van der Waals surface area (Å²) in [6, 6.07) is 5.48. The van der Waals surface area contributed by atoms with Gasteiger partial charge in [0.1, 0.15) is 5.75 Å². The lowest BCUT2D eigenvalue weighted by atomic mass is 10.1. The predicted octanol–water partition coefficient (Wildman–Crippen LogP) is 2.94. The van der Waals surface area contributed by atoms with Crippen LogP contribution in [0.4, 0.5) is 5.69 Å². The van der Waals surface area contributed by atoms with Gasteiger partial charge in [-0.1, -0.05) is 20.3 Å². The van der Waals surface area contributed by atoms with Crippen LogP contribution in [0.5, 0.6) is 5.75 Å². The number of esters is 1. The third-order valence-corrected chi connectivity index (χ3v) is 2.39. The summed E-state index contributed by atoms with van der Waals surface area (Å²) in [7, 11) is 0. The first-order valence-electron chi connectivity index (χ1n) is 5.50. The van der Waals surface area contributed by atoms with E-state index in [0.717, 1.165) is 12.8 Å². The van der Waals surface area contributed by atoms with Crippen molar-refractivity contribution in [1.82, 2.24) is 0 Å². The summed E-state index contributed by atoms with van der Waals surface area (Å²) in [5.41, 5.74) is -0.0218. The molecule has 0 heterocycles. The van der Waals surface area contributed by atoms with Gasteiger partial charge >= 0.3 is 5.97 Å². The average Bonchev–Trinajstić information content (AvgIpc) is 2.30. The summed E-state index contributed by atoms with van der Waals surface area (Å²) < 4.78 is 5.10. The van der Waals surface area contributed by atoms with E-state index in [1.165, 1.54) is 24.3 Å². The van der Waals surface area contributed by atoms with Crippen molar-refractivity contribution in [3.8, 4) is 5.75 Å². The monoisotopic (exact) mass is 237 g/mol. The van der Waals surface area contributed by atoms with E-state index in [-0.39, 0.29) is 17.6 Å². The Morgan fingerprint density at radius 2 is 2.00 bits per heavy atom. The first-order chi connectivity index (χ1) is 8.04. The van der Waals surface area contributed by atoms with Gasteiger partial charge in [0, 0.05) is 12.1 Å². The molecule has 0 unspecified atom stereocenters. The van der Waals surface area contributed by atoms with E-state index in [9.17, 15) is 14.9 Å². The maximum Gasteiger partial charge on any atom is 0.314 e. The molecule has 0 aliphatic heterocycles. The molecule has 1 rings (SSSR count). The third kappa shape index (κ3) is 3.86. The van der Waals surface area contributed by atoms with E-state index in [4.69, 9.17) is 4.74 Å². The molecule has 1 aromatic rings. The lowest BCUT2D eigenvalue weighted by Gasteiger charge is -2.09. The molecule has 0 aliphatic rings. The Bertz CT molecular complexity index is 399. The molecular formula is C12H15NO4. The SMILES string of the molecule is CCC[C@H](C)C(=O)Oc1ccc([N+](=O)[O-])cc1. The van der Waals surface area contributed by atoms with Crippen LogP contribution in [0.15, 0.2) is 24.3 Å². The fraction of sp³-hybridized carbons (Fsp3) is 0.417. The molecule has 1 atom stereocenters. The fourth-order valence-corrected chi connectivity index (χ4v) is 1.40. The summed E-state index contributed by atoms with van der Waals surface area (Å²) in [5, 5.41) is 10.4. The maximum atomic E-state index is 11.6. The first kappa shape index (κ1) is 13.2. The van der Waals surface area contributed by atoms with Gasteiger partial charge in [-0.15, -0.1) is 0 Å². The van der Waals surface area contributed by atoms with Gasteiger partial charge in [0.25, 0.3) is 5.69 Å². The second kappa shape index (κ2) is 5.98. The molecule has 0 N–H and O–H groups in total. The lowest BCUT2D eigenvalue weighted by Crippen LogP contribution is -2.17. The molecule has 0 amide bonds. The fourth-order valence-electron chi connectivity index (χ4n) is 1.40. The number of benzene rings is 1. The minimum absolute atomic E-state index is 0.0218. The number of nitro groups is 1. The van der Waals surface area contributed by atoms with Crippen molar-refractivity contribution >= 4 is 11.7 Å². The van der Waals surface area contributed by atoms with Crippen LogP contribution in [0.2, 0.25) is 0 Å². The van der Waals surface area contributed by atoms with E-state index in [1.54, 1.807) is 6.92 Å². The van der Waals surface area contributed by atoms with Crippen LogP contribution in [-0.2, 0) is 4.79 Å². The molecule has 0 radical (unpaired) electrons. The Hall–Kier alpha value is -1.91. The zero-order valence-corrected chi connectivity index (χ0v) is 9.88. The Labute approximate surface area is 99.5 Å². The number of rotatable bonds is 5. The topological polar surface area (TPSA) is 69.4 Å². The van der Waals surface area contributed by atoms with Crippen LogP contribution in [0.1, 0.15) is 26.7 Å². The number of nitro benzene ring substituents is 1. The Kier molecular flexibility index (Phi) is 4.63. The Balaban J connectivity index is 2.63. The average molecular weight is 237 g/mol. The minimum atomic E-state index is -0.495. The van der Waals surface area contributed by atoms with Gasteiger partial charge in [-0.3, -0.25) is 14.9 Å². The smallest absolute Gasteiger partial charge is 0.314 e. The Morgan fingerprint density at radius 3 is 2.47 bits per heavy atom. The minimum Gasteiger partial charge on any atom is -0.426 e. The highest BCUT2D eigenvalue weighted by atomic mass is 16.6. The molecule has 0 spiro atoms. The van der Waals surface area contributed by atoms with Crippen LogP contribution in [-0.4, -0.2) is 10.9 Å². The molecule has 0 fully saturated rings. The lowest BCUT2D eigenvalue weighted by molar-refractivity contribution is -0.384. The van der Waals surface area contributed by atoms with Crippen LogP contribution in [0.25, 0.3) is 0 Å². The summed E-state index contributed by atoms with van der Waals surface area (Å²) in [5.74, 6) is -0.126. The molecule has 92 valence electrons. The number of non-ortho nitro benzene ring substituents is 1. The number of carbonyl (C=O) groups is 1. The first-order valence-corrected chi connectivity index (χ1v) is 5.50. The predicted molar refractivity (Wildman–Crippen MR) is 62.8 cm³/mol. The highest BCUT2D eigenvalue weighted by molar-refractivity contribution is 5.74. The second-order valence-corrected chi connectivity index (χ2v) is 3.86. The van der Waals surface area contributed by atoms with Crippen molar-refractivity contribution in [1.29, 1.82) is 0 Å². The molecule has 5 nitrogen and oxygen atoms in total. The maximum absolute atomic E-state index is 11.6. The highest BCUT2D eigenvalue weighted by Gasteiger charge is 2.14. The summed E-state index contributed by atoms with van der Waals surface area (Å²) in [6.45, 7) is 3.80. The largest absolute Gasteiger partial charge is 0.426 e. The summed E-state index contributed by atoms with van der Waals surface area (Å²) in [6.07, 6.45) is 1.68. The number of hydrogen-bond donors (Lipinski definition) is 0. The number of hydrogen-bond acceptors (Lipinski definition) is 4. The van der Waals surface area contributed by atoms with Crippen molar-refractivity contribution in [2.24, 2.45) is 5.92 Å². The van der Waals surface area contributed by atoms with Gasteiger partial charge in [-0.2, -0.15) is 0 Å². The van der Waals surface area contributed by atoms with E-state index in [0.29, 0.717) is 5.75 Å².